The van der Waals surface area contributed by atoms with Gasteiger partial charge in [-0.05, 0) is 18.2 Å². The first kappa shape index (κ1) is 10.9. The molecule has 0 heterocycles. The van der Waals surface area contributed by atoms with Crippen molar-refractivity contribution in [2.75, 3.05) is 11.9 Å². The van der Waals surface area contributed by atoms with Crippen LogP contribution >= 0.6 is 23.2 Å². The summed E-state index contributed by atoms with van der Waals surface area (Å²) in [6, 6.07) is 7.18. The van der Waals surface area contributed by atoms with Gasteiger partial charge in [-0.2, -0.15) is 5.26 Å². The summed E-state index contributed by atoms with van der Waals surface area (Å²) in [4.78, 5) is 0. The van der Waals surface area contributed by atoms with Crippen molar-refractivity contribution in [1.29, 1.82) is 5.26 Å². The number of nitrogens with zero attached hydrogens (tertiary/aromatic N) is 1. The van der Waals surface area contributed by atoms with Gasteiger partial charge in [0.1, 0.15) is 6.07 Å². The molecule has 4 heteroatoms. The number of rotatable bonds is 3. The second kappa shape index (κ2) is 5.54. The highest BCUT2D eigenvalue weighted by Crippen LogP contribution is 2.19. The number of nitrogens with one attached hydrogen (secondary N) is 1. The van der Waals surface area contributed by atoms with Crippen LogP contribution in [0.1, 0.15) is 5.56 Å². The largest absolute Gasteiger partial charge is 0.381 e. The van der Waals surface area contributed by atoms with Gasteiger partial charge in [0.2, 0.25) is 0 Å². The molecule has 0 bridgehead atoms. The maximum Gasteiger partial charge on any atom is 0.101 e. The van der Waals surface area contributed by atoms with Crippen molar-refractivity contribution in [3.8, 4) is 6.07 Å². The monoisotopic (exact) mass is 226 g/mol. The number of hydrogen-bond acceptors (Lipinski definition) is 2. The van der Waals surface area contributed by atoms with E-state index >= 15 is 0 Å². The van der Waals surface area contributed by atoms with E-state index in [9.17, 15) is 0 Å². The van der Waals surface area contributed by atoms with Crippen molar-refractivity contribution < 1.29 is 0 Å². The van der Waals surface area contributed by atoms with E-state index in [0.717, 1.165) is 5.69 Å². The van der Waals surface area contributed by atoms with E-state index in [0.29, 0.717) is 17.1 Å². The molecule has 0 atom stereocenters. The molecular formula is C10H8Cl2N2. The maximum atomic E-state index is 8.64. The number of anilines is 1. The Balaban J connectivity index is 2.72. The predicted molar refractivity (Wildman–Crippen MR) is 59.6 cm³/mol. The molecule has 0 aliphatic carbocycles. The zero-order chi connectivity index (χ0) is 10.4. The molecule has 0 aromatic heterocycles. The molecule has 2 nitrogen and oxygen atoms in total. The Kier molecular flexibility index (Phi) is 4.31. The molecular weight excluding hydrogens is 219 g/mol. The van der Waals surface area contributed by atoms with Crippen LogP contribution in [0.5, 0.6) is 0 Å². The quantitative estimate of drug-likeness (QED) is 0.859. The van der Waals surface area contributed by atoms with Gasteiger partial charge in [0.15, 0.2) is 0 Å². The minimum atomic E-state index is 0.451. The smallest absolute Gasteiger partial charge is 0.101 e. The molecule has 1 aromatic carbocycles. The van der Waals surface area contributed by atoms with Crippen molar-refractivity contribution in [2.24, 2.45) is 0 Å². The summed E-state index contributed by atoms with van der Waals surface area (Å²) in [5.74, 6) is 0. The van der Waals surface area contributed by atoms with Crippen LogP contribution < -0.4 is 5.32 Å². The van der Waals surface area contributed by atoms with Gasteiger partial charge in [0, 0.05) is 17.8 Å². The summed E-state index contributed by atoms with van der Waals surface area (Å²) in [7, 11) is 0. The van der Waals surface area contributed by atoms with E-state index in [1.807, 2.05) is 6.07 Å². The fourth-order valence-corrected chi connectivity index (χ4v) is 1.25. The predicted octanol–water partition coefficient (Wildman–Crippen LogP) is 3.38. The minimum absolute atomic E-state index is 0.451. The fourth-order valence-electron chi connectivity index (χ4n) is 0.937. The Labute approximate surface area is 92.8 Å². The lowest BCUT2D eigenvalue weighted by Gasteiger charge is -2.03. The third-order valence-corrected chi connectivity index (χ3v) is 2.09. The van der Waals surface area contributed by atoms with Crippen molar-refractivity contribution in [3.63, 3.8) is 0 Å². The summed E-state index contributed by atoms with van der Waals surface area (Å²) in [5.41, 5.74) is 2.78. The molecule has 1 N–H and O–H groups in total. The second-order valence-corrected chi connectivity index (χ2v) is 3.21. The number of halogens is 2. The van der Waals surface area contributed by atoms with E-state index in [-0.39, 0.29) is 0 Å². The van der Waals surface area contributed by atoms with E-state index in [2.05, 4.69) is 5.32 Å². The molecule has 0 saturated carbocycles. The summed E-state index contributed by atoms with van der Waals surface area (Å²) < 4.78 is 0. The standard InChI is InChI=1S/C10H8Cl2N2/c11-4-1-5-14-9-3-2-8(7-13)10(12)6-9/h1-4,6,14H,5H2/b4-1+. The van der Waals surface area contributed by atoms with Crippen LogP contribution in [0.3, 0.4) is 0 Å². The Bertz CT molecular complexity index is 380. The third kappa shape index (κ3) is 2.95. The van der Waals surface area contributed by atoms with Crippen LogP contribution in [0.4, 0.5) is 5.69 Å². The lowest BCUT2D eigenvalue weighted by atomic mass is 10.2. The number of benzene rings is 1. The van der Waals surface area contributed by atoms with Crippen LogP contribution in [-0.4, -0.2) is 6.54 Å². The van der Waals surface area contributed by atoms with Gasteiger partial charge in [-0.1, -0.05) is 29.3 Å². The molecule has 0 aliphatic heterocycles. The van der Waals surface area contributed by atoms with E-state index in [1.54, 1.807) is 24.3 Å². The number of nitriles is 1. The van der Waals surface area contributed by atoms with Crippen LogP contribution in [0, 0.1) is 11.3 Å². The van der Waals surface area contributed by atoms with Gasteiger partial charge in [-0.15, -0.1) is 0 Å². The van der Waals surface area contributed by atoms with Crippen LogP contribution in [0.25, 0.3) is 0 Å². The Morgan fingerprint density at radius 3 is 2.86 bits per heavy atom. The van der Waals surface area contributed by atoms with Gasteiger partial charge in [0.25, 0.3) is 0 Å². The highest BCUT2D eigenvalue weighted by atomic mass is 35.5. The van der Waals surface area contributed by atoms with Gasteiger partial charge in [-0.25, -0.2) is 0 Å². The zero-order valence-corrected chi connectivity index (χ0v) is 8.81. The molecule has 0 aliphatic rings. The van der Waals surface area contributed by atoms with Gasteiger partial charge >= 0.3 is 0 Å². The van der Waals surface area contributed by atoms with E-state index in [1.165, 1.54) is 5.54 Å². The lowest BCUT2D eigenvalue weighted by molar-refractivity contribution is 1.34. The average Bonchev–Trinajstić information content (AvgIpc) is 2.18. The Morgan fingerprint density at radius 2 is 2.29 bits per heavy atom. The van der Waals surface area contributed by atoms with Crippen LogP contribution in [0.2, 0.25) is 5.02 Å². The molecule has 1 rings (SSSR count). The van der Waals surface area contributed by atoms with E-state index < -0.39 is 0 Å². The van der Waals surface area contributed by atoms with Crippen molar-refractivity contribution >= 4 is 28.9 Å². The normalized spacial score (nSPS) is 10.1. The topological polar surface area (TPSA) is 35.8 Å². The third-order valence-electron chi connectivity index (χ3n) is 1.60. The van der Waals surface area contributed by atoms with E-state index in [4.69, 9.17) is 28.5 Å². The number of hydrogen-bond donors (Lipinski definition) is 1. The fraction of sp³-hybridized carbons (Fsp3) is 0.100. The minimum Gasteiger partial charge on any atom is -0.381 e. The maximum absolute atomic E-state index is 8.64. The molecule has 0 amide bonds. The first-order chi connectivity index (χ1) is 6.77. The molecule has 14 heavy (non-hydrogen) atoms. The SMILES string of the molecule is N#Cc1ccc(NC/C=C/Cl)cc1Cl. The summed E-state index contributed by atoms with van der Waals surface area (Å²) in [6.07, 6.45) is 1.77. The molecule has 0 fully saturated rings. The van der Waals surface area contributed by atoms with Gasteiger partial charge < -0.3 is 5.32 Å². The average molecular weight is 227 g/mol. The van der Waals surface area contributed by atoms with Crippen molar-refractivity contribution in [3.05, 3.63) is 40.4 Å². The van der Waals surface area contributed by atoms with Crippen molar-refractivity contribution in [1.82, 2.24) is 0 Å². The second-order valence-electron chi connectivity index (χ2n) is 2.55. The highest BCUT2D eigenvalue weighted by Gasteiger charge is 1.99. The molecule has 0 unspecified atom stereocenters. The summed E-state index contributed by atoms with van der Waals surface area (Å²) in [6.45, 7) is 0.631. The summed E-state index contributed by atoms with van der Waals surface area (Å²) >= 11 is 11.2. The molecule has 0 saturated heterocycles. The van der Waals surface area contributed by atoms with Crippen LogP contribution in [-0.2, 0) is 0 Å². The molecule has 1 aromatic rings. The molecule has 0 spiro atoms. The first-order valence-electron chi connectivity index (χ1n) is 3.96. The zero-order valence-electron chi connectivity index (χ0n) is 7.30. The Morgan fingerprint density at radius 1 is 1.50 bits per heavy atom. The van der Waals surface area contributed by atoms with Crippen LogP contribution in [0.15, 0.2) is 29.8 Å². The Hall–Kier alpha value is -1.17. The molecule has 72 valence electrons. The van der Waals surface area contributed by atoms with Gasteiger partial charge in [-0.3, -0.25) is 0 Å². The summed E-state index contributed by atoms with van der Waals surface area (Å²) in [5, 5.41) is 12.2. The highest BCUT2D eigenvalue weighted by molar-refractivity contribution is 6.32. The molecule has 0 radical (unpaired) electrons. The van der Waals surface area contributed by atoms with Gasteiger partial charge in [0.05, 0.1) is 10.6 Å². The van der Waals surface area contributed by atoms with Crippen molar-refractivity contribution in [2.45, 2.75) is 0 Å². The lowest BCUT2D eigenvalue weighted by Crippen LogP contribution is -1.97. The first-order valence-corrected chi connectivity index (χ1v) is 4.78.